The van der Waals surface area contributed by atoms with Gasteiger partial charge in [0.25, 0.3) is 0 Å². The molecule has 102 valence electrons. The number of hydrogen-bond donors (Lipinski definition) is 0. The summed E-state index contributed by atoms with van der Waals surface area (Å²) in [5, 5.41) is 8.61. The maximum absolute atomic E-state index is 6.19. The minimum atomic E-state index is 0.160. The first kappa shape index (κ1) is 14.0. The van der Waals surface area contributed by atoms with Crippen molar-refractivity contribution >= 4 is 11.6 Å². The zero-order valence-corrected chi connectivity index (χ0v) is 12.0. The van der Waals surface area contributed by atoms with Gasteiger partial charge in [0.15, 0.2) is 5.82 Å². The Labute approximate surface area is 118 Å². The van der Waals surface area contributed by atoms with Crippen molar-refractivity contribution in [1.82, 2.24) is 14.8 Å². The van der Waals surface area contributed by atoms with Crippen molar-refractivity contribution in [1.29, 1.82) is 0 Å². The average Bonchev–Trinajstić information content (AvgIpc) is 2.81. The normalized spacial score (nSPS) is 12.6. The summed E-state index contributed by atoms with van der Waals surface area (Å²) in [5.41, 5.74) is 1.01. The molecule has 1 aromatic carbocycles. The highest BCUT2D eigenvalue weighted by molar-refractivity contribution is 6.28. The summed E-state index contributed by atoms with van der Waals surface area (Å²) in [4.78, 5) is 0. The fraction of sp³-hybridized carbons (Fsp3) is 0.429. The quantitative estimate of drug-likeness (QED) is 0.811. The van der Waals surface area contributed by atoms with Crippen molar-refractivity contribution in [3.05, 3.63) is 35.6 Å². The van der Waals surface area contributed by atoms with Gasteiger partial charge >= 0.3 is 0 Å². The minimum absolute atomic E-state index is 0.160. The van der Waals surface area contributed by atoms with Gasteiger partial charge in [-0.05, 0) is 18.0 Å². The Morgan fingerprint density at radius 3 is 2.63 bits per heavy atom. The smallest absolute Gasteiger partial charge is 0.225 e. The molecule has 0 aliphatic carbocycles. The van der Waals surface area contributed by atoms with E-state index in [0.717, 1.165) is 24.2 Å². The molecule has 5 heteroatoms. The van der Waals surface area contributed by atoms with Gasteiger partial charge in [0.2, 0.25) is 5.28 Å². The zero-order chi connectivity index (χ0) is 13.7. The van der Waals surface area contributed by atoms with Crippen LogP contribution < -0.4 is 0 Å². The number of rotatable bonds is 6. The first-order chi connectivity index (χ1) is 9.27. The lowest BCUT2D eigenvalue weighted by atomic mass is 10.1. The summed E-state index contributed by atoms with van der Waals surface area (Å²) >= 11 is 6.19. The third-order valence-corrected chi connectivity index (χ3v) is 3.29. The van der Waals surface area contributed by atoms with Crippen LogP contribution in [0.4, 0.5) is 0 Å². The second-order valence-corrected chi connectivity index (χ2v) is 4.76. The molecule has 0 radical (unpaired) electrons. The fourth-order valence-electron chi connectivity index (χ4n) is 2.19. The van der Waals surface area contributed by atoms with E-state index in [1.165, 1.54) is 0 Å². The number of methoxy groups -OCH3 is 1. The zero-order valence-electron chi connectivity index (χ0n) is 11.2. The molecule has 1 unspecified atom stereocenters. The first-order valence-corrected chi connectivity index (χ1v) is 6.80. The molecule has 0 aliphatic heterocycles. The van der Waals surface area contributed by atoms with E-state index in [0.29, 0.717) is 11.9 Å². The predicted molar refractivity (Wildman–Crippen MR) is 76.3 cm³/mol. The van der Waals surface area contributed by atoms with Crippen LogP contribution in [-0.2, 0) is 4.74 Å². The molecular weight excluding hydrogens is 262 g/mol. The number of aromatic nitrogens is 3. The topological polar surface area (TPSA) is 39.9 Å². The van der Waals surface area contributed by atoms with E-state index in [9.17, 15) is 0 Å². The summed E-state index contributed by atoms with van der Waals surface area (Å²) in [6, 6.07) is 10.1. The van der Waals surface area contributed by atoms with E-state index in [-0.39, 0.29) is 6.04 Å². The second-order valence-electron chi connectivity index (χ2n) is 4.43. The molecule has 19 heavy (non-hydrogen) atoms. The van der Waals surface area contributed by atoms with Crippen LogP contribution in [0.5, 0.6) is 0 Å². The van der Waals surface area contributed by atoms with Crippen molar-refractivity contribution in [3.8, 4) is 11.4 Å². The van der Waals surface area contributed by atoms with Crippen LogP contribution in [0.2, 0.25) is 5.28 Å². The minimum Gasteiger partial charge on any atom is -0.383 e. The number of ether oxygens (including phenoxy) is 1. The Morgan fingerprint density at radius 1 is 1.26 bits per heavy atom. The van der Waals surface area contributed by atoms with Gasteiger partial charge in [-0.1, -0.05) is 43.7 Å². The number of nitrogens with zero attached hydrogens (tertiary/aromatic N) is 3. The van der Waals surface area contributed by atoms with Gasteiger partial charge in [0.1, 0.15) is 0 Å². The van der Waals surface area contributed by atoms with Crippen molar-refractivity contribution in [3.63, 3.8) is 0 Å². The van der Waals surface area contributed by atoms with Crippen LogP contribution in [0.25, 0.3) is 11.4 Å². The number of benzene rings is 1. The van der Waals surface area contributed by atoms with E-state index < -0.39 is 0 Å². The van der Waals surface area contributed by atoms with Gasteiger partial charge in [-0.25, -0.2) is 0 Å². The maximum Gasteiger partial charge on any atom is 0.225 e. The van der Waals surface area contributed by atoms with E-state index in [2.05, 4.69) is 17.1 Å². The van der Waals surface area contributed by atoms with Crippen LogP contribution in [0.15, 0.2) is 30.3 Å². The highest BCUT2D eigenvalue weighted by atomic mass is 35.5. The first-order valence-electron chi connectivity index (χ1n) is 6.42. The molecule has 0 fully saturated rings. The van der Waals surface area contributed by atoms with E-state index >= 15 is 0 Å². The predicted octanol–water partition coefficient (Wildman–Crippen LogP) is 3.59. The summed E-state index contributed by atoms with van der Waals surface area (Å²) in [7, 11) is 1.70. The number of halogens is 1. The summed E-state index contributed by atoms with van der Waals surface area (Å²) < 4.78 is 7.25. The van der Waals surface area contributed by atoms with Crippen LogP contribution >= 0.6 is 11.6 Å². The lowest BCUT2D eigenvalue weighted by molar-refractivity contribution is 0.151. The molecule has 0 saturated heterocycles. The third-order valence-electron chi connectivity index (χ3n) is 3.03. The molecule has 0 amide bonds. The molecule has 2 rings (SSSR count). The Bertz CT molecular complexity index is 507. The highest BCUT2D eigenvalue weighted by Crippen LogP contribution is 2.27. The van der Waals surface area contributed by atoms with Crippen molar-refractivity contribution in [2.45, 2.75) is 25.8 Å². The van der Waals surface area contributed by atoms with Crippen LogP contribution in [0.1, 0.15) is 25.8 Å². The van der Waals surface area contributed by atoms with E-state index in [4.69, 9.17) is 16.3 Å². The van der Waals surface area contributed by atoms with Gasteiger partial charge in [-0.3, -0.25) is 4.57 Å². The van der Waals surface area contributed by atoms with Crippen LogP contribution in [0, 0.1) is 0 Å². The number of hydrogen-bond acceptors (Lipinski definition) is 3. The van der Waals surface area contributed by atoms with Crippen molar-refractivity contribution < 1.29 is 4.74 Å². The third kappa shape index (κ3) is 3.14. The lowest BCUT2D eigenvalue weighted by Gasteiger charge is -2.19. The molecule has 0 aliphatic rings. The molecular formula is C14H18ClN3O. The van der Waals surface area contributed by atoms with E-state index in [1.54, 1.807) is 7.11 Å². The molecule has 1 atom stereocenters. The average molecular weight is 280 g/mol. The molecule has 1 aromatic heterocycles. The highest BCUT2D eigenvalue weighted by Gasteiger charge is 2.20. The monoisotopic (exact) mass is 279 g/mol. The standard InChI is InChI=1S/C14H18ClN3O/c1-3-7-12(10-19-2)18-13(16-17-14(18)15)11-8-5-4-6-9-11/h4-6,8-9,12H,3,7,10H2,1-2H3. The Morgan fingerprint density at radius 2 is 2.00 bits per heavy atom. The Hall–Kier alpha value is -1.39. The summed E-state index contributed by atoms with van der Waals surface area (Å²) in [6.45, 7) is 2.74. The van der Waals surface area contributed by atoms with Crippen molar-refractivity contribution in [2.75, 3.05) is 13.7 Å². The largest absolute Gasteiger partial charge is 0.383 e. The molecule has 0 spiro atoms. The van der Waals surface area contributed by atoms with Gasteiger partial charge in [-0.2, -0.15) is 0 Å². The Balaban J connectivity index is 2.41. The lowest BCUT2D eigenvalue weighted by Crippen LogP contribution is -2.16. The SMILES string of the molecule is CCCC(COC)n1c(Cl)nnc1-c1ccccc1. The van der Waals surface area contributed by atoms with E-state index in [1.807, 2.05) is 34.9 Å². The van der Waals surface area contributed by atoms with Crippen LogP contribution in [0.3, 0.4) is 0 Å². The van der Waals surface area contributed by atoms with Gasteiger partial charge in [0, 0.05) is 12.7 Å². The van der Waals surface area contributed by atoms with Crippen LogP contribution in [-0.4, -0.2) is 28.5 Å². The summed E-state index contributed by atoms with van der Waals surface area (Å²) in [5.74, 6) is 0.793. The maximum atomic E-state index is 6.19. The van der Waals surface area contributed by atoms with Gasteiger partial charge in [0.05, 0.1) is 12.6 Å². The summed E-state index contributed by atoms with van der Waals surface area (Å²) in [6.07, 6.45) is 2.03. The molecule has 0 bridgehead atoms. The van der Waals surface area contributed by atoms with Gasteiger partial charge < -0.3 is 4.74 Å². The van der Waals surface area contributed by atoms with Crippen molar-refractivity contribution in [2.24, 2.45) is 0 Å². The molecule has 0 N–H and O–H groups in total. The second kappa shape index (κ2) is 6.68. The molecule has 1 heterocycles. The Kier molecular flexibility index (Phi) is 4.93. The van der Waals surface area contributed by atoms with Gasteiger partial charge in [-0.15, -0.1) is 10.2 Å². The fourth-order valence-corrected chi connectivity index (χ4v) is 2.45. The molecule has 2 aromatic rings. The molecule has 4 nitrogen and oxygen atoms in total. The molecule has 0 saturated carbocycles.